The van der Waals surface area contributed by atoms with Gasteiger partial charge in [0.2, 0.25) is 5.82 Å². The number of benzene rings is 2. The molecular formula is C20H15ClN2O3. The minimum Gasteiger partial charge on any atom is -0.485 e. The first-order valence-corrected chi connectivity index (χ1v) is 8.44. The molecule has 0 radical (unpaired) electrons. The van der Waals surface area contributed by atoms with E-state index in [4.69, 9.17) is 25.3 Å². The minimum atomic E-state index is 0.294. The minimum absolute atomic E-state index is 0.294. The van der Waals surface area contributed by atoms with E-state index in [1.54, 1.807) is 12.1 Å². The first kappa shape index (κ1) is 16.4. The molecule has 0 saturated carbocycles. The number of rotatable bonds is 5. The van der Waals surface area contributed by atoms with Gasteiger partial charge in [-0.05, 0) is 42.8 Å². The van der Waals surface area contributed by atoms with Crippen LogP contribution in [0.3, 0.4) is 0 Å². The van der Waals surface area contributed by atoms with E-state index in [1.807, 2.05) is 55.5 Å². The fourth-order valence-corrected chi connectivity index (χ4v) is 2.75. The van der Waals surface area contributed by atoms with Crippen LogP contribution in [0.15, 0.2) is 69.6 Å². The second-order valence-corrected chi connectivity index (χ2v) is 6.19. The van der Waals surface area contributed by atoms with E-state index in [2.05, 4.69) is 10.1 Å². The van der Waals surface area contributed by atoms with Gasteiger partial charge in [0, 0.05) is 10.6 Å². The molecule has 5 nitrogen and oxygen atoms in total. The van der Waals surface area contributed by atoms with E-state index in [0.717, 1.165) is 16.9 Å². The zero-order valence-electron chi connectivity index (χ0n) is 14.0. The van der Waals surface area contributed by atoms with Crippen LogP contribution in [0, 0.1) is 6.92 Å². The molecule has 0 atom stereocenters. The summed E-state index contributed by atoms with van der Waals surface area (Å²) in [5, 5.41) is 4.68. The molecule has 0 aliphatic carbocycles. The van der Waals surface area contributed by atoms with Crippen molar-refractivity contribution in [1.82, 2.24) is 10.1 Å². The Morgan fingerprint density at radius 2 is 1.88 bits per heavy atom. The number of nitrogens with zero attached hydrogens (tertiary/aromatic N) is 2. The summed E-state index contributed by atoms with van der Waals surface area (Å²) in [5.41, 5.74) is 1.85. The molecule has 0 aliphatic heterocycles. The van der Waals surface area contributed by atoms with E-state index in [0.29, 0.717) is 34.9 Å². The molecule has 4 rings (SSSR count). The summed E-state index contributed by atoms with van der Waals surface area (Å²) >= 11 is 5.95. The summed E-state index contributed by atoms with van der Waals surface area (Å²) in [5.74, 6) is 2.78. The summed E-state index contributed by atoms with van der Waals surface area (Å²) in [6.07, 6.45) is 0. The van der Waals surface area contributed by atoms with Crippen molar-refractivity contribution in [2.24, 2.45) is 0 Å². The Kier molecular flexibility index (Phi) is 4.46. The first-order valence-electron chi connectivity index (χ1n) is 8.06. The number of aromatic nitrogens is 2. The maximum Gasteiger partial charge on any atom is 0.293 e. The third kappa shape index (κ3) is 3.48. The number of halogens is 1. The highest BCUT2D eigenvalue weighted by Gasteiger charge is 2.14. The molecule has 2 aromatic heterocycles. The van der Waals surface area contributed by atoms with Gasteiger partial charge >= 0.3 is 0 Å². The summed E-state index contributed by atoms with van der Waals surface area (Å²) in [7, 11) is 0. The molecule has 6 heteroatoms. The standard InChI is InChI=1S/C20H15ClN2O3/c1-13-11-15(21)7-9-17(13)24-12-16-8-10-18(25-16)20-22-19(23-26-20)14-5-3-2-4-6-14/h2-11H,12H2,1H3. The molecular weight excluding hydrogens is 352 g/mol. The van der Waals surface area contributed by atoms with Crippen LogP contribution in [0.25, 0.3) is 23.0 Å². The molecule has 0 bridgehead atoms. The molecule has 0 aliphatic rings. The Morgan fingerprint density at radius 3 is 2.69 bits per heavy atom. The molecule has 0 N–H and O–H groups in total. The van der Waals surface area contributed by atoms with Crippen LogP contribution in [0.5, 0.6) is 5.75 Å². The number of hydrogen-bond acceptors (Lipinski definition) is 5. The van der Waals surface area contributed by atoms with Gasteiger partial charge in [0.05, 0.1) is 0 Å². The monoisotopic (exact) mass is 366 g/mol. The Morgan fingerprint density at radius 1 is 1.04 bits per heavy atom. The van der Waals surface area contributed by atoms with Crippen molar-refractivity contribution >= 4 is 11.6 Å². The number of ether oxygens (including phenoxy) is 1. The highest BCUT2D eigenvalue weighted by Crippen LogP contribution is 2.26. The average molecular weight is 367 g/mol. The molecule has 0 amide bonds. The molecule has 2 aromatic carbocycles. The van der Waals surface area contributed by atoms with Crippen LogP contribution >= 0.6 is 11.6 Å². The topological polar surface area (TPSA) is 61.3 Å². The third-order valence-electron chi connectivity index (χ3n) is 3.84. The number of aryl methyl sites for hydroxylation is 1. The van der Waals surface area contributed by atoms with E-state index in [1.165, 1.54) is 0 Å². The largest absolute Gasteiger partial charge is 0.485 e. The Bertz CT molecular complexity index is 1020. The second kappa shape index (κ2) is 7.06. The van der Waals surface area contributed by atoms with Crippen LogP contribution in [-0.2, 0) is 6.61 Å². The Labute approximate surface area is 155 Å². The summed E-state index contributed by atoms with van der Waals surface area (Å²) in [4.78, 5) is 4.38. The van der Waals surface area contributed by atoms with Crippen molar-refractivity contribution in [2.75, 3.05) is 0 Å². The first-order chi connectivity index (χ1) is 12.7. The number of hydrogen-bond donors (Lipinski definition) is 0. The summed E-state index contributed by atoms with van der Waals surface area (Å²) in [6, 6.07) is 18.7. The van der Waals surface area contributed by atoms with Crippen molar-refractivity contribution in [3.63, 3.8) is 0 Å². The lowest BCUT2D eigenvalue weighted by Crippen LogP contribution is -1.95. The lowest BCUT2D eigenvalue weighted by molar-refractivity contribution is 0.269. The smallest absolute Gasteiger partial charge is 0.293 e. The molecule has 0 saturated heterocycles. The van der Waals surface area contributed by atoms with Crippen molar-refractivity contribution in [2.45, 2.75) is 13.5 Å². The van der Waals surface area contributed by atoms with Crippen molar-refractivity contribution in [1.29, 1.82) is 0 Å². The lowest BCUT2D eigenvalue weighted by atomic mass is 10.2. The molecule has 0 unspecified atom stereocenters. The van der Waals surface area contributed by atoms with Crippen LogP contribution < -0.4 is 4.74 Å². The predicted molar refractivity (Wildman–Crippen MR) is 98.0 cm³/mol. The van der Waals surface area contributed by atoms with Crippen LogP contribution in [-0.4, -0.2) is 10.1 Å². The van der Waals surface area contributed by atoms with E-state index < -0.39 is 0 Å². The maximum atomic E-state index is 5.95. The summed E-state index contributed by atoms with van der Waals surface area (Å²) in [6.45, 7) is 2.24. The Balaban J connectivity index is 1.47. The van der Waals surface area contributed by atoms with Gasteiger partial charge in [-0.15, -0.1) is 0 Å². The van der Waals surface area contributed by atoms with Gasteiger partial charge < -0.3 is 13.7 Å². The van der Waals surface area contributed by atoms with Crippen LogP contribution in [0.4, 0.5) is 0 Å². The molecule has 130 valence electrons. The number of furan rings is 1. The van der Waals surface area contributed by atoms with Crippen LogP contribution in [0.2, 0.25) is 5.02 Å². The lowest BCUT2D eigenvalue weighted by Gasteiger charge is -2.07. The van der Waals surface area contributed by atoms with Crippen molar-refractivity contribution in [3.8, 4) is 28.8 Å². The van der Waals surface area contributed by atoms with E-state index in [-0.39, 0.29) is 0 Å². The molecule has 2 heterocycles. The second-order valence-electron chi connectivity index (χ2n) is 5.75. The molecule has 26 heavy (non-hydrogen) atoms. The van der Waals surface area contributed by atoms with Gasteiger partial charge in [-0.1, -0.05) is 47.1 Å². The third-order valence-corrected chi connectivity index (χ3v) is 4.07. The van der Waals surface area contributed by atoms with Crippen molar-refractivity contribution < 1.29 is 13.7 Å². The molecule has 4 aromatic rings. The Hall–Kier alpha value is -3.05. The predicted octanol–water partition coefficient (Wildman–Crippen LogP) is 5.54. The average Bonchev–Trinajstić information content (AvgIpc) is 3.31. The van der Waals surface area contributed by atoms with E-state index >= 15 is 0 Å². The van der Waals surface area contributed by atoms with Crippen LogP contribution in [0.1, 0.15) is 11.3 Å². The maximum absolute atomic E-state index is 5.95. The zero-order valence-corrected chi connectivity index (χ0v) is 14.7. The zero-order chi connectivity index (χ0) is 17.9. The van der Waals surface area contributed by atoms with Gasteiger partial charge in [-0.3, -0.25) is 0 Å². The highest BCUT2D eigenvalue weighted by molar-refractivity contribution is 6.30. The fourth-order valence-electron chi connectivity index (χ4n) is 2.52. The normalized spacial score (nSPS) is 10.8. The SMILES string of the molecule is Cc1cc(Cl)ccc1OCc1ccc(-c2nc(-c3ccccc3)no2)o1. The highest BCUT2D eigenvalue weighted by atomic mass is 35.5. The van der Waals surface area contributed by atoms with Gasteiger partial charge in [-0.2, -0.15) is 4.98 Å². The van der Waals surface area contributed by atoms with E-state index in [9.17, 15) is 0 Å². The van der Waals surface area contributed by atoms with Gasteiger partial charge in [0.1, 0.15) is 18.1 Å². The van der Waals surface area contributed by atoms with Gasteiger partial charge in [0.15, 0.2) is 5.76 Å². The summed E-state index contributed by atoms with van der Waals surface area (Å²) < 4.78 is 16.8. The quantitative estimate of drug-likeness (QED) is 0.464. The van der Waals surface area contributed by atoms with Gasteiger partial charge in [-0.25, -0.2) is 0 Å². The molecule has 0 spiro atoms. The fraction of sp³-hybridized carbons (Fsp3) is 0.100. The molecule has 0 fully saturated rings. The van der Waals surface area contributed by atoms with Gasteiger partial charge in [0.25, 0.3) is 5.89 Å². The van der Waals surface area contributed by atoms with Crippen molar-refractivity contribution in [3.05, 3.63) is 77.0 Å².